The Morgan fingerprint density at radius 2 is 1.62 bits per heavy atom. The SMILES string of the molecule is CC(C)[C@@H](C(=O)N[C@@H](CC(=O)O)C(=O)O)N(C)C(=O)OC(C)(C)C. The molecule has 0 aromatic rings. The molecule has 0 aliphatic rings. The minimum atomic E-state index is -1.58. The summed E-state index contributed by atoms with van der Waals surface area (Å²) >= 11 is 0. The van der Waals surface area contributed by atoms with Gasteiger partial charge in [-0.05, 0) is 26.7 Å². The van der Waals surface area contributed by atoms with Crippen molar-refractivity contribution in [1.29, 1.82) is 0 Å². The Kier molecular flexibility index (Phi) is 7.69. The number of carboxylic acid groups (broad SMARTS) is 2. The molecule has 0 fully saturated rings. The van der Waals surface area contributed by atoms with Crippen molar-refractivity contribution in [2.45, 2.75) is 58.7 Å². The average molecular weight is 346 g/mol. The van der Waals surface area contributed by atoms with Crippen LogP contribution in [0.1, 0.15) is 41.0 Å². The number of carbonyl (C=O) groups is 4. The van der Waals surface area contributed by atoms with Gasteiger partial charge in [0.1, 0.15) is 17.7 Å². The van der Waals surface area contributed by atoms with Crippen molar-refractivity contribution >= 4 is 23.9 Å². The standard InChI is InChI=1S/C15H26N2O7/c1-8(2)11(17(6)14(23)24-15(3,4)5)12(20)16-9(13(21)22)7-10(18)19/h8-9,11H,7H2,1-6H3,(H,16,20)(H,18,19)(H,21,22)/t9-,11-/m0/s1. The second-order valence-corrected chi connectivity index (χ2v) is 6.78. The quantitative estimate of drug-likeness (QED) is 0.624. The lowest BCUT2D eigenvalue weighted by Crippen LogP contribution is -2.55. The summed E-state index contributed by atoms with van der Waals surface area (Å²) in [6.45, 7) is 8.39. The fraction of sp³-hybridized carbons (Fsp3) is 0.733. The van der Waals surface area contributed by atoms with Crippen LogP contribution >= 0.6 is 0 Å². The maximum Gasteiger partial charge on any atom is 0.410 e. The molecule has 0 aromatic heterocycles. The highest BCUT2D eigenvalue weighted by molar-refractivity contribution is 5.91. The Bertz CT molecular complexity index is 497. The molecule has 24 heavy (non-hydrogen) atoms. The number of aliphatic carboxylic acids is 2. The molecular formula is C15H26N2O7. The first kappa shape index (κ1) is 21.7. The minimum absolute atomic E-state index is 0.346. The molecule has 0 spiro atoms. The zero-order chi connectivity index (χ0) is 19.2. The van der Waals surface area contributed by atoms with Gasteiger partial charge in [0.05, 0.1) is 6.42 Å². The Morgan fingerprint density at radius 3 is 1.96 bits per heavy atom. The van der Waals surface area contributed by atoms with Crippen LogP contribution < -0.4 is 5.32 Å². The second-order valence-electron chi connectivity index (χ2n) is 6.78. The largest absolute Gasteiger partial charge is 0.481 e. The molecule has 9 heteroatoms. The van der Waals surface area contributed by atoms with Crippen molar-refractivity contribution in [3.63, 3.8) is 0 Å². The average Bonchev–Trinajstić information content (AvgIpc) is 2.34. The number of carboxylic acids is 2. The van der Waals surface area contributed by atoms with Gasteiger partial charge in [-0.25, -0.2) is 9.59 Å². The van der Waals surface area contributed by atoms with Gasteiger partial charge in [0.2, 0.25) is 5.91 Å². The fourth-order valence-electron chi connectivity index (χ4n) is 2.01. The van der Waals surface area contributed by atoms with Crippen LogP contribution in [0, 0.1) is 5.92 Å². The molecule has 0 unspecified atom stereocenters. The van der Waals surface area contributed by atoms with Gasteiger partial charge in [-0.3, -0.25) is 14.5 Å². The summed E-state index contributed by atoms with van der Waals surface area (Å²) in [5.74, 6) is -3.92. The topological polar surface area (TPSA) is 133 Å². The molecule has 0 aliphatic heterocycles. The molecule has 9 nitrogen and oxygen atoms in total. The number of hydrogen-bond acceptors (Lipinski definition) is 5. The molecule has 3 N–H and O–H groups in total. The lowest BCUT2D eigenvalue weighted by Gasteiger charge is -2.32. The summed E-state index contributed by atoms with van der Waals surface area (Å²) in [6, 6.07) is -2.58. The van der Waals surface area contributed by atoms with Gasteiger partial charge in [-0.15, -0.1) is 0 Å². The third-order valence-corrected chi connectivity index (χ3v) is 2.99. The van der Waals surface area contributed by atoms with Gasteiger partial charge < -0.3 is 20.3 Å². The summed E-state index contributed by atoms with van der Waals surface area (Å²) in [7, 11) is 1.37. The van der Waals surface area contributed by atoms with Crippen LogP contribution in [0.4, 0.5) is 4.79 Å². The monoisotopic (exact) mass is 346 g/mol. The highest BCUT2D eigenvalue weighted by Crippen LogP contribution is 2.15. The summed E-state index contributed by atoms with van der Waals surface area (Å²) < 4.78 is 5.19. The van der Waals surface area contributed by atoms with Crippen molar-refractivity contribution in [3.8, 4) is 0 Å². The van der Waals surface area contributed by atoms with E-state index in [1.54, 1.807) is 34.6 Å². The molecule has 138 valence electrons. The van der Waals surface area contributed by atoms with Crippen molar-refractivity contribution in [1.82, 2.24) is 10.2 Å². The number of carbonyl (C=O) groups excluding carboxylic acids is 2. The zero-order valence-corrected chi connectivity index (χ0v) is 14.8. The van der Waals surface area contributed by atoms with Gasteiger partial charge in [0, 0.05) is 7.05 Å². The summed E-state index contributed by atoms with van der Waals surface area (Å²) in [5, 5.41) is 19.9. The predicted octanol–water partition coefficient (Wildman–Crippen LogP) is 0.922. The third kappa shape index (κ3) is 7.30. The Labute approximate surface area is 141 Å². The van der Waals surface area contributed by atoms with Gasteiger partial charge in [-0.1, -0.05) is 13.8 Å². The van der Waals surface area contributed by atoms with Crippen LogP contribution in [0.3, 0.4) is 0 Å². The van der Waals surface area contributed by atoms with Crippen molar-refractivity contribution in [3.05, 3.63) is 0 Å². The number of ether oxygens (including phenoxy) is 1. The minimum Gasteiger partial charge on any atom is -0.481 e. The van der Waals surface area contributed by atoms with Crippen molar-refractivity contribution in [2.75, 3.05) is 7.05 Å². The number of nitrogens with one attached hydrogen (secondary N) is 1. The molecule has 2 atom stereocenters. The predicted molar refractivity (Wildman–Crippen MR) is 84.4 cm³/mol. The molecule has 0 radical (unpaired) electrons. The normalized spacial score (nSPS) is 13.8. The van der Waals surface area contributed by atoms with Gasteiger partial charge in [0.25, 0.3) is 0 Å². The van der Waals surface area contributed by atoms with Gasteiger partial charge in [0.15, 0.2) is 0 Å². The van der Waals surface area contributed by atoms with Crippen LogP contribution in [0.5, 0.6) is 0 Å². The first-order chi connectivity index (χ1) is 10.8. The lowest BCUT2D eigenvalue weighted by molar-refractivity contribution is -0.147. The molecule has 0 saturated heterocycles. The highest BCUT2D eigenvalue weighted by Gasteiger charge is 2.35. The van der Waals surface area contributed by atoms with Crippen LogP contribution in [0.25, 0.3) is 0 Å². The molecule has 2 amide bonds. The number of likely N-dealkylation sites (N-methyl/N-ethyl adjacent to an activating group) is 1. The number of nitrogens with zero attached hydrogens (tertiary/aromatic N) is 1. The van der Waals surface area contributed by atoms with E-state index >= 15 is 0 Å². The van der Waals surface area contributed by atoms with Gasteiger partial charge in [-0.2, -0.15) is 0 Å². The maximum absolute atomic E-state index is 12.4. The van der Waals surface area contributed by atoms with E-state index in [2.05, 4.69) is 5.32 Å². The van der Waals surface area contributed by atoms with Gasteiger partial charge >= 0.3 is 18.0 Å². The smallest absolute Gasteiger partial charge is 0.410 e. The van der Waals surface area contributed by atoms with Crippen LogP contribution in [0.2, 0.25) is 0 Å². The van der Waals surface area contributed by atoms with E-state index in [4.69, 9.17) is 14.9 Å². The maximum atomic E-state index is 12.4. The number of amides is 2. The first-order valence-corrected chi connectivity index (χ1v) is 7.47. The van der Waals surface area contributed by atoms with E-state index < -0.39 is 48.0 Å². The van der Waals surface area contributed by atoms with E-state index in [0.717, 1.165) is 4.90 Å². The lowest BCUT2D eigenvalue weighted by atomic mass is 10.0. The number of rotatable bonds is 7. The zero-order valence-electron chi connectivity index (χ0n) is 14.8. The van der Waals surface area contributed by atoms with Crippen LogP contribution in [-0.2, 0) is 19.1 Å². The van der Waals surface area contributed by atoms with E-state index in [9.17, 15) is 19.2 Å². The summed E-state index contributed by atoms with van der Waals surface area (Å²) in [5.41, 5.74) is -0.754. The van der Waals surface area contributed by atoms with E-state index in [1.165, 1.54) is 7.05 Å². The third-order valence-electron chi connectivity index (χ3n) is 2.99. The van der Waals surface area contributed by atoms with Crippen molar-refractivity contribution in [2.24, 2.45) is 5.92 Å². The fourth-order valence-corrected chi connectivity index (χ4v) is 2.01. The Balaban J connectivity index is 5.22. The molecule has 0 bridgehead atoms. The van der Waals surface area contributed by atoms with Crippen LogP contribution in [-0.4, -0.2) is 63.8 Å². The number of hydrogen-bond donors (Lipinski definition) is 3. The molecule has 0 aromatic carbocycles. The molecule has 0 heterocycles. The Hall–Kier alpha value is -2.32. The van der Waals surface area contributed by atoms with E-state index in [1.807, 2.05) is 0 Å². The van der Waals surface area contributed by atoms with E-state index in [0.29, 0.717) is 0 Å². The van der Waals surface area contributed by atoms with Crippen molar-refractivity contribution < 1.29 is 34.1 Å². The molecular weight excluding hydrogens is 320 g/mol. The highest BCUT2D eigenvalue weighted by atomic mass is 16.6. The van der Waals surface area contributed by atoms with E-state index in [-0.39, 0.29) is 5.92 Å². The first-order valence-electron chi connectivity index (χ1n) is 7.47. The van der Waals surface area contributed by atoms with Crippen LogP contribution in [0.15, 0.2) is 0 Å². The molecule has 0 aliphatic carbocycles. The molecule has 0 rings (SSSR count). The Morgan fingerprint density at radius 1 is 1.12 bits per heavy atom. The summed E-state index contributed by atoms with van der Waals surface area (Å²) in [6.07, 6.45) is -1.50. The second kappa shape index (κ2) is 8.51. The summed E-state index contributed by atoms with van der Waals surface area (Å²) in [4.78, 5) is 47.3. The molecule has 0 saturated carbocycles.